The van der Waals surface area contributed by atoms with E-state index in [2.05, 4.69) is 5.32 Å². The molecule has 0 radical (unpaired) electrons. The summed E-state index contributed by atoms with van der Waals surface area (Å²) in [5, 5.41) is 14.1. The molecule has 144 valence electrons. The third-order valence-corrected chi connectivity index (χ3v) is 4.00. The Morgan fingerprint density at radius 2 is 1.89 bits per heavy atom. The highest BCUT2D eigenvalue weighted by Gasteiger charge is 2.15. The number of nitrogens with zero attached hydrogens (tertiary/aromatic N) is 2. The van der Waals surface area contributed by atoms with Gasteiger partial charge in [0.25, 0.3) is 5.69 Å². The maximum absolute atomic E-state index is 12.3. The van der Waals surface area contributed by atoms with E-state index < -0.39 is 4.92 Å². The summed E-state index contributed by atoms with van der Waals surface area (Å²) < 4.78 is 10.4. The smallest absolute Gasteiger partial charge is 0.273 e. The van der Waals surface area contributed by atoms with Crippen LogP contribution in [0.2, 0.25) is 5.02 Å². The summed E-state index contributed by atoms with van der Waals surface area (Å²) in [4.78, 5) is 24.4. The Morgan fingerprint density at radius 3 is 2.52 bits per heavy atom. The SMILES string of the molecule is COc1ccc(Cl)cc1CN(C)CC(=O)Nc1ccc([N+](=O)[O-])cc1OC. The summed E-state index contributed by atoms with van der Waals surface area (Å²) in [5.41, 5.74) is 1.10. The van der Waals surface area contributed by atoms with Crippen LogP contribution in [0.5, 0.6) is 11.5 Å². The number of amides is 1. The van der Waals surface area contributed by atoms with Gasteiger partial charge in [0.2, 0.25) is 5.91 Å². The molecule has 1 N–H and O–H groups in total. The number of non-ortho nitro benzene ring substituents is 1. The van der Waals surface area contributed by atoms with Gasteiger partial charge in [0, 0.05) is 23.2 Å². The molecule has 2 rings (SSSR count). The van der Waals surface area contributed by atoms with Crippen LogP contribution in [0.15, 0.2) is 36.4 Å². The topological polar surface area (TPSA) is 93.9 Å². The predicted molar refractivity (Wildman–Crippen MR) is 103 cm³/mol. The molecule has 0 heterocycles. The van der Waals surface area contributed by atoms with E-state index in [1.807, 2.05) is 0 Å². The number of halogens is 1. The fraction of sp³-hybridized carbons (Fsp3) is 0.278. The van der Waals surface area contributed by atoms with E-state index in [0.717, 1.165) is 5.56 Å². The first-order valence-electron chi connectivity index (χ1n) is 7.97. The molecule has 0 saturated carbocycles. The number of methoxy groups -OCH3 is 2. The van der Waals surface area contributed by atoms with E-state index in [1.54, 1.807) is 37.3 Å². The van der Waals surface area contributed by atoms with E-state index >= 15 is 0 Å². The molecule has 0 bridgehead atoms. The van der Waals surface area contributed by atoms with Crippen LogP contribution in [0, 0.1) is 10.1 Å². The number of hydrogen-bond acceptors (Lipinski definition) is 6. The van der Waals surface area contributed by atoms with Gasteiger partial charge in [-0.25, -0.2) is 0 Å². The average Bonchev–Trinajstić information content (AvgIpc) is 2.61. The zero-order valence-electron chi connectivity index (χ0n) is 15.2. The number of rotatable bonds is 8. The fourth-order valence-electron chi connectivity index (χ4n) is 2.55. The van der Waals surface area contributed by atoms with Crippen molar-refractivity contribution in [2.45, 2.75) is 6.54 Å². The second-order valence-corrected chi connectivity index (χ2v) is 6.25. The molecular formula is C18H20ClN3O5. The molecule has 9 heteroatoms. The Balaban J connectivity index is 2.03. The number of nitrogens with one attached hydrogen (secondary N) is 1. The van der Waals surface area contributed by atoms with Crippen LogP contribution >= 0.6 is 11.6 Å². The molecule has 0 aliphatic rings. The summed E-state index contributed by atoms with van der Waals surface area (Å²) in [5.74, 6) is 0.617. The molecular weight excluding hydrogens is 374 g/mol. The van der Waals surface area contributed by atoms with Gasteiger partial charge in [-0.1, -0.05) is 11.6 Å². The number of ether oxygens (including phenoxy) is 2. The second kappa shape index (κ2) is 9.20. The highest BCUT2D eigenvalue weighted by atomic mass is 35.5. The molecule has 0 aliphatic carbocycles. The molecule has 27 heavy (non-hydrogen) atoms. The second-order valence-electron chi connectivity index (χ2n) is 5.82. The van der Waals surface area contributed by atoms with Crippen LogP contribution in [0.3, 0.4) is 0 Å². The largest absolute Gasteiger partial charge is 0.496 e. The minimum absolute atomic E-state index is 0.0931. The lowest BCUT2D eigenvalue weighted by Gasteiger charge is -2.18. The van der Waals surface area contributed by atoms with Crippen molar-refractivity contribution in [2.24, 2.45) is 0 Å². The number of anilines is 1. The van der Waals surface area contributed by atoms with E-state index in [-0.39, 0.29) is 23.9 Å². The van der Waals surface area contributed by atoms with Crippen LogP contribution in [0.1, 0.15) is 5.56 Å². The third kappa shape index (κ3) is 5.57. The molecule has 0 aromatic heterocycles. The van der Waals surface area contributed by atoms with Crippen molar-refractivity contribution in [2.75, 3.05) is 33.1 Å². The van der Waals surface area contributed by atoms with Gasteiger partial charge in [-0.05, 0) is 31.3 Å². The molecule has 8 nitrogen and oxygen atoms in total. The van der Waals surface area contributed by atoms with Crippen LogP contribution in [-0.2, 0) is 11.3 Å². The summed E-state index contributed by atoms with van der Waals surface area (Å²) in [7, 11) is 4.74. The van der Waals surface area contributed by atoms with Gasteiger partial charge in [-0.3, -0.25) is 19.8 Å². The molecule has 0 saturated heterocycles. The van der Waals surface area contributed by atoms with Gasteiger partial charge in [0.1, 0.15) is 11.5 Å². The average molecular weight is 394 g/mol. The lowest BCUT2D eigenvalue weighted by atomic mass is 10.2. The minimum Gasteiger partial charge on any atom is -0.496 e. The molecule has 0 fully saturated rings. The highest BCUT2D eigenvalue weighted by Crippen LogP contribution is 2.29. The first-order valence-corrected chi connectivity index (χ1v) is 8.35. The van der Waals surface area contributed by atoms with Gasteiger partial charge in [-0.15, -0.1) is 0 Å². The predicted octanol–water partition coefficient (Wildman–Crippen LogP) is 3.34. The van der Waals surface area contributed by atoms with Crippen molar-refractivity contribution in [3.63, 3.8) is 0 Å². The standard InChI is InChI=1S/C18H20ClN3O5/c1-21(10-12-8-13(19)4-7-16(12)26-2)11-18(23)20-15-6-5-14(22(24)25)9-17(15)27-3/h4-9H,10-11H2,1-3H3,(H,20,23). The number of hydrogen-bond donors (Lipinski definition) is 1. The lowest BCUT2D eigenvalue weighted by molar-refractivity contribution is -0.384. The van der Waals surface area contributed by atoms with Crippen molar-refractivity contribution in [3.8, 4) is 11.5 Å². The number of benzene rings is 2. The number of nitro benzene ring substituents is 1. The molecule has 0 atom stereocenters. The van der Waals surface area contributed by atoms with Gasteiger partial charge in [-0.2, -0.15) is 0 Å². The van der Waals surface area contributed by atoms with Crippen molar-refractivity contribution in [1.29, 1.82) is 0 Å². The number of carbonyl (C=O) groups excluding carboxylic acids is 1. The molecule has 0 spiro atoms. The normalized spacial score (nSPS) is 10.6. The zero-order chi connectivity index (χ0) is 20.0. The third-order valence-electron chi connectivity index (χ3n) is 3.77. The van der Waals surface area contributed by atoms with Crippen molar-refractivity contribution in [3.05, 3.63) is 57.1 Å². The van der Waals surface area contributed by atoms with Crippen LogP contribution in [0.25, 0.3) is 0 Å². The first-order chi connectivity index (χ1) is 12.8. The maximum Gasteiger partial charge on any atom is 0.273 e. The van der Waals surface area contributed by atoms with Crippen LogP contribution in [-0.4, -0.2) is 43.5 Å². The minimum atomic E-state index is -0.528. The van der Waals surface area contributed by atoms with Gasteiger partial charge >= 0.3 is 0 Å². The van der Waals surface area contributed by atoms with E-state index in [9.17, 15) is 14.9 Å². The fourth-order valence-corrected chi connectivity index (χ4v) is 2.74. The molecule has 2 aromatic rings. The van der Waals surface area contributed by atoms with E-state index in [4.69, 9.17) is 21.1 Å². The maximum atomic E-state index is 12.3. The molecule has 0 aliphatic heterocycles. The van der Waals surface area contributed by atoms with Crippen molar-refractivity contribution < 1.29 is 19.2 Å². The summed E-state index contributed by atoms with van der Waals surface area (Å²) in [6.07, 6.45) is 0. The lowest BCUT2D eigenvalue weighted by Crippen LogP contribution is -2.30. The summed E-state index contributed by atoms with van der Waals surface area (Å²) >= 11 is 6.02. The monoisotopic (exact) mass is 393 g/mol. The molecule has 1 amide bonds. The van der Waals surface area contributed by atoms with Crippen molar-refractivity contribution >= 4 is 28.9 Å². The van der Waals surface area contributed by atoms with Crippen LogP contribution in [0.4, 0.5) is 11.4 Å². The van der Waals surface area contributed by atoms with Gasteiger partial charge in [0.15, 0.2) is 0 Å². The summed E-state index contributed by atoms with van der Waals surface area (Å²) in [6, 6.07) is 9.29. The zero-order valence-corrected chi connectivity index (χ0v) is 15.9. The number of carbonyl (C=O) groups is 1. The van der Waals surface area contributed by atoms with Gasteiger partial charge in [0.05, 0.1) is 37.4 Å². The molecule has 2 aromatic carbocycles. The van der Waals surface area contributed by atoms with E-state index in [1.165, 1.54) is 25.3 Å². The first kappa shape index (κ1) is 20.5. The number of nitro groups is 1. The van der Waals surface area contributed by atoms with Gasteiger partial charge < -0.3 is 14.8 Å². The Bertz CT molecular complexity index is 844. The van der Waals surface area contributed by atoms with E-state index in [0.29, 0.717) is 23.0 Å². The summed E-state index contributed by atoms with van der Waals surface area (Å²) in [6.45, 7) is 0.546. The number of likely N-dealkylation sites (N-methyl/N-ethyl adjacent to an activating group) is 1. The Morgan fingerprint density at radius 1 is 1.19 bits per heavy atom. The molecule has 0 unspecified atom stereocenters. The Hall–Kier alpha value is -2.84. The van der Waals surface area contributed by atoms with Crippen LogP contribution < -0.4 is 14.8 Å². The quantitative estimate of drug-likeness (QED) is 0.546. The highest BCUT2D eigenvalue weighted by molar-refractivity contribution is 6.30. The Kier molecular flexibility index (Phi) is 6.98. The van der Waals surface area contributed by atoms with Crippen molar-refractivity contribution in [1.82, 2.24) is 4.90 Å². The Labute approximate surface area is 161 Å².